The molecule has 0 aliphatic rings. The first-order valence-corrected chi connectivity index (χ1v) is 6.60. The van der Waals surface area contributed by atoms with Gasteiger partial charge < -0.3 is 10.4 Å². The van der Waals surface area contributed by atoms with Crippen molar-refractivity contribution in [2.24, 2.45) is 0 Å². The van der Waals surface area contributed by atoms with Crippen LogP contribution in [0.3, 0.4) is 0 Å². The quantitative estimate of drug-likeness (QED) is 0.902. The molecular weight excluding hydrogens is 316 g/mol. The van der Waals surface area contributed by atoms with Gasteiger partial charge in [0.1, 0.15) is 5.82 Å². The van der Waals surface area contributed by atoms with Gasteiger partial charge in [-0.1, -0.05) is 35.9 Å². The average Bonchev–Trinajstić information content (AvgIpc) is 2.38. The van der Waals surface area contributed by atoms with Gasteiger partial charge >= 0.3 is 0 Å². The summed E-state index contributed by atoms with van der Waals surface area (Å²) in [7, 11) is 0. The lowest BCUT2D eigenvalue weighted by Crippen LogP contribution is -2.02. The molecule has 0 spiro atoms. The van der Waals surface area contributed by atoms with E-state index in [-0.39, 0.29) is 6.61 Å². The van der Waals surface area contributed by atoms with Gasteiger partial charge in [-0.05, 0) is 33.1 Å². The van der Waals surface area contributed by atoms with Crippen molar-refractivity contribution in [2.75, 3.05) is 5.32 Å². The molecule has 0 saturated carbocycles. The van der Waals surface area contributed by atoms with Gasteiger partial charge in [-0.2, -0.15) is 0 Å². The summed E-state index contributed by atoms with van der Waals surface area (Å²) in [6.07, 6.45) is 1.70. The standard InChI is InChI=1S/C13H12BrClN2O/c14-11-5-12(15)13(17-7-11)16-6-9-1-3-10(8-18)4-2-9/h1-5,7,18H,6,8H2,(H,16,17). The Labute approximate surface area is 119 Å². The van der Waals surface area contributed by atoms with Crippen molar-refractivity contribution in [3.63, 3.8) is 0 Å². The zero-order valence-corrected chi connectivity index (χ0v) is 11.9. The molecule has 0 atom stereocenters. The van der Waals surface area contributed by atoms with Gasteiger partial charge in [-0.3, -0.25) is 0 Å². The zero-order chi connectivity index (χ0) is 13.0. The number of aliphatic hydroxyl groups is 1. The van der Waals surface area contributed by atoms with Gasteiger partial charge in [0.25, 0.3) is 0 Å². The number of benzene rings is 1. The number of pyridine rings is 1. The molecule has 0 amide bonds. The number of nitrogens with zero attached hydrogens (tertiary/aromatic N) is 1. The molecule has 2 N–H and O–H groups in total. The van der Waals surface area contributed by atoms with Crippen LogP contribution >= 0.6 is 27.5 Å². The molecule has 0 bridgehead atoms. The van der Waals surface area contributed by atoms with Crippen LogP contribution in [0, 0.1) is 0 Å². The first-order chi connectivity index (χ1) is 8.69. The van der Waals surface area contributed by atoms with Crippen molar-refractivity contribution in [2.45, 2.75) is 13.2 Å². The zero-order valence-electron chi connectivity index (χ0n) is 9.53. The van der Waals surface area contributed by atoms with E-state index in [0.717, 1.165) is 15.6 Å². The van der Waals surface area contributed by atoms with Crippen molar-refractivity contribution in [1.82, 2.24) is 4.98 Å². The van der Waals surface area contributed by atoms with E-state index in [1.54, 1.807) is 12.3 Å². The van der Waals surface area contributed by atoms with Crippen molar-refractivity contribution >= 4 is 33.3 Å². The third-order valence-electron chi connectivity index (χ3n) is 2.47. The molecule has 5 heteroatoms. The highest BCUT2D eigenvalue weighted by Crippen LogP contribution is 2.23. The van der Waals surface area contributed by atoms with Gasteiger partial charge in [-0.25, -0.2) is 4.98 Å². The van der Waals surface area contributed by atoms with E-state index in [1.807, 2.05) is 24.3 Å². The summed E-state index contributed by atoms with van der Waals surface area (Å²) in [4.78, 5) is 4.20. The van der Waals surface area contributed by atoms with Crippen molar-refractivity contribution in [1.29, 1.82) is 0 Å². The van der Waals surface area contributed by atoms with Crippen LogP contribution in [0.15, 0.2) is 41.0 Å². The Morgan fingerprint density at radius 1 is 1.22 bits per heavy atom. The second-order valence-electron chi connectivity index (χ2n) is 3.81. The Bertz CT molecular complexity index is 531. The molecule has 0 aliphatic carbocycles. The smallest absolute Gasteiger partial charge is 0.145 e. The van der Waals surface area contributed by atoms with Crippen LogP contribution in [0.1, 0.15) is 11.1 Å². The van der Waals surface area contributed by atoms with Crippen LogP contribution < -0.4 is 5.32 Å². The third-order valence-corrected chi connectivity index (χ3v) is 3.20. The summed E-state index contributed by atoms with van der Waals surface area (Å²) in [6, 6.07) is 9.52. The maximum Gasteiger partial charge on any atom is 0.145 e. The number of hydrogen-bond acceptors (Lipinski definition) is 3. The molecular formula is C13H12BrClN2O. The number of aliphatic hydroxyl groups excluding tert-OH is 1. The summed E-state index contributed by atoms with van der Waals surface area (Å²) < 4.78 is 0.852. The van der Waals surface area contributed by atoms with Gasteiger partial charge in [0, 0.05) is 17.2 Å². The fourth-order valence-corrected chi connectivity index (χ4v) is 2.19. The van der Waals surface area contributed by atoms with Crippen LogP contribution in [0.2, 0.25) is 5.02 Å². The Hall–Kier alpha value is -1.10. The second-order valence-corrected chi connectivity index (χ2v) is 5.14. The second kappa shape index (κ2) is 6.18. The molecule has 0 fully saturated rings. The highest BCUT2D eigenvalue weighted by molar-refractivity contribution is 9.10. The fourth-order valence-electron chi connectivity index (χ4n) is 1.49. The van der Waals surface area contributed by atoms with Crippen molar-refractivity contribution < 1.29 is 5.11 Å². The number of nitrogens with one attached hydrogen (secondary N) is 1. The minimum Gasteiger partial charge on any atom is -0.392 e. The van der Waals surface area contributed by atoms with Crippen LogP contribution in [0.25, 0.3) is 0 Å². The molecule has 2 rings (SSSR count). The maximum absolute atomic E-state index is 8.95. The molecule has 1 aromatic heterocycles. The van der Waals surface area contributed by atoms with E-state index in [9.17, 15) is 0 Å². The number of aromatic nitrogens is 1. The summed E-state index contributed by atoms with van der Waals surface area (Å²) in [6.45, 7) is 0.702. The van der Waals surface area contributed by atoms with Gasteiger partial charge in [0.15, 0.2) is 0 Å². The Kier molecular flexibility index (Phi) is 4.58. The largest absolute Gasteiger partial charge is 0.392 e. The lowest BCUT2D eigenvalue weighted by molar-refractivity contribution is 0.282. The van der Waals surface area contributed by atoms with Gasteiger partial charge in [0.05, 0.1) is 11.6 Å². The normalized spacial score (nSPS) is 10.4. The summed E-state index contributed by atoms with van der Waals surface area (Å²) >= 11 is 9.37. The van der Waals surface area contributed by atoms with E-state index in [1.165, 1.54) is 0 Å². The average molecular weight is 328 g/mol. The number of rotatable bonds is 4. The number of halogens is 2. The Morgan fingerprint density at radius 2 is 1.89 bits per heavy atom. The van der Waals surface area contributed by atoms with Crippen LogP contribution in [-0.2, 0) is 13.2 Å². The van der Waals surface area contributed by atoms with Crippen LogP contribution in [-0.4, -0.2) is 10.1 Å². The molecule has 3 nitrogen and oxygen atoms in total. The van der Waals surface area contributed by atoms with Crippen LogP contribution in [0.5, 0.6) is 0 Å². The molecule has 1 aromatic carbocycles. The third kappa shape index (κ3) is 3.45. The Morgan fingerprint density at radius 3 is 2.50 bits per heavy atom. The molecule has 0 radical (unpaired) electrons. The minimum atomic E-state index is 0.0633. The first-order valence-electron chi connectivity index (χ1n) is 5.42. The fraction of sp³-hybridized carbons (Fsp3) is 0.154. The summed E-state index contributed by atoms with van der Waals surface area (Å²) in [5.41, 5.74) is 2.01. The first kappa shape index (κ1) is 13.3. The van der Waals surface area contributed by atoms with E-state index >= 15 is 0 Å². The lowest BCUT2D eigenvalue weighted by atomic mass is 10.1. The van der Waals surface area contributed by atoms with Gasteiger partial charge in [-0.15, -0.1) is 0 Å². The minimum absolute atomic E-state index is 0.0633. The molecule has 2 aromatic rings. The predicted molar refractivity (Wildman–Crippen MR) is 76.6 cm³/mol. The van der Waals surface area contributed by atoms with E-state index in [2.05, 4.69) is 26.2 Å². The number of hydrogen-bond donors (Lipinski definition) is 2. The van der Waals surface area contributed by atoms with E-state index < -0.39 is 0 Å². The maximum atomic E-state index is 8.95. The summed E-state index contributed by atoms with van der Waals surface area (Å²) in [5.74, 6) is 0.658. The van der Waals surface area contributed by atoms with Crippen molar-refractivity contribution in [3.8, 4) is 0 Å². The SMILES string of the molecule is OCc1ccc(CNc2ncc(Br)cc2Cl)cc1. The van der Waals surface area contributed by atoms with Gasteiger partial charge in [0.2, 0.25) is 0 Å². The number of anilines is 1. The molecule has 18 heavy (non-hydrogen) atoms. The van der Waals surface area contributed by atoms with E-state index in [0.29, 0.717) is 17.4 Å². The molecule has 0 saturated heterocycles. The molecule has 0 unspecified atom stereocenters. The van der Waals surface area contributed by atoms with Crippen molar-refractivity contribution in [3.05, 3.63) is 57.2 Å². The monoisotopic (exact) mass is 326 g/mol. The molecule has 1 heterocycles. The predicted octanol–water partition coefficient (Wildman–Crippen LogP) is 3.60. The highest BCUT2D eigenvalue weighted by Gasteiger charge is 2.02. The highest BCUT2D eigenvalue weighted by atomic mass is 79.9. The Balaban J connectivity index is 2.02. The molecule has 0 aliphatic heterocycles. The lowest BCUT2D eigenvalue weighted by Gasteiger charge is -2.08. The summed E-state index contributed by atoms with van der Waals surface area (Å²) in [5, 5.41) is 12.7. The topological polar surface area (TPSA) is 45.1 Å². The van der Waals surface area contributed by atoms with E-state index in [4.69, 9.17) is 16.7 Å². The van der Waals surface area contributed by atoms with Crippen LogP contribution in [0.4, 0.5) is 5.82 Å². The molecule has 94 valence electrons.